The maximum Gasteiger partial charge on any atom is 0.221 e. The molecule has 2 aromatic carbocycles. The van der Waals surface area contributed by atoms with Gasteiger partial charge in [0.1, 0.15) is 0 Å². The van der Waals surface area contributed by atoms with E-state index in [2.05, 4.69) is 5.32 Å². The molecule has 2 rings (SSSR count). The lowest BCUT2D eigenvalue weighted by atomic mass is 10.1. The Hall–Kier alpha value is -2.39. The van der Waals surface area contributed by atoms with E-state index in [1.165, 1.54) is 13.0 Å². The molecule has 2 aromatic rings. The molecule has 1 amide bonds. The first kappa shape index (κ1) is 15.0. The summed E-state index contributed by atoms with van der Waals surface area (Å²) in [5.74, 6) is -0.423. The highest BCUT2D eigenvalue weighted by Gasteiger charge is 2.08. The first-order valence-corrected chi connectivity index (χ1v) is 6.78. The van der Waals surface area contributed by atoms with Crippen LogP contribution in [0.4, 0.5) is 0 Å². The molecule has 0 atom stereocenters. The number of amides is 1. The molecule has 1 N–H and O–H groups in total. The number of hydrogen-bond donors (Lipinski definition) is 1. The van der Waals surface area contributed by atoms with Crippen LogP contribution in [0.25, 0.3) is 5.70 Å². The molecule has 0 aromatic heterocycles. The molecule has 21 heavy (non-hydrogen) atoms. The fourth-order valence-electron chi connectivity index (χ4n) is 1.83. The Bertz CT molecular complexity index is 676. The van der Waals surface area contributed by atoms with E-state index in [1.807, 2.05) is 30.3 Å². The van der Waals surface area contributed by atoms with Crippen LogP contribution < -0.4 is 5.32 Å². The van der Waals surface area contributed by atoms with E-state index in [0.29, 0.717) is 16.3 Å². The summed E-state index contributed by atoms with van der Waals surface area (Å²) in [6, 6.07) is 15.8. The van der Waals surface area contributed by atoms with Crippen LogP contribution in [0.5, 0.6) is 0 Å². The minimum absolute atomic E-state index is 0.195. The minimum Gasteiger partial charge on any atom is -0.326 e. The van der Waals surface area contributed by atoms with E-state index < -0.39 is 0 Å². The van der Waals surface area contributed by atoms with Crippen LogP contribution in [0.1, 0.15) is 22.8 Å². The first-order valence-electron chi connectivity index (χ1n) is 6.41. The third-order valence-electron chi connectivity index (χ3n) is 2.80. The number of rotatable bonds is 4. The Morgan fingerprint density at radius 3 is 2.14 bits per heavy atom. The zero-order valence-corrected chi connectivity index (χ0v) is 12.2. The summed E-state index contributed by atoms with van der Waals surface area (Å²) >= 11 is 5.80. The highest BCUT2D eigenvalue weighted by atomic mass is 35.5. The predicted octanol–water partition coefficient (Wildman–Crippen LogP) is 3.70. The average molecular weight is 300 g/mol. The van der Waals surface area contributed by atoms with Crippen molar-refractivity contribution in [3.63, 3.8) is 0 Å². The van der Waals surface area contributed by atoms with Crippen LogP contribution in [-0.4, -0.2) is 11.7 Å². The van der Waals surface area contributed by atoms with Gasteiger partial charge in [-0.25, -0.2) is 0 Å². The summed E-state index contributed by atoms with van der Waals surface area (Å²) in [7, 11) is 0. The van der Waals surface area contributed by atoms with Crippen LogP contribution in [0, 0.1) is 0 Å². The van der Waals surface area contributed by atoms with Gasteiger partial charge in [0.25, 0.3) is 0 Å². The van der Waals surface area contributed by atoms with Crippen LogP contribution in [0.3, 0.4) is 0 Å². The zero-order chi connectivity index (χ0) is 15.2. The number of ketones is 1. The molecule has 106 valence electrons. The van der Waals surface area contributed by atoms with Crippen molar-refractivity contribution in [3.8, 4) is 0 Å². The summed E-state index contributed by atoms with van der Waals surface area (Å²) in [5, 5.41) is 3.25. The third-order valence-corrected chi connectivity index (χ3v) is 3.05. The molecule has 0 heterocycles. The van der Waals surface area contributed by atoms with Crippen LogP contribution in [0.2, 0.25) is 5.02 Å². The second-order valence-corrected chi connectivity index (χ2v) is 4.91. The molecular formula is C17H14ClNO2. The van der Waals surface area contributed by atoms with Crippen molar-refractivity contribution in [3.05, 3.63) is 76.8 Å². The van der Waals surface area contributed by atoms with Crippen molar-refractivity contribution in [2.24, 2.45) is 0 Å². The molecule has 0 saturated heterocycles. The fourth-order valence-corrected chi connectivity index (χ4v) is 1.95. The predicted molar refractivity (Wildman–Crippen MR) is 84.0 cm³/mol. The Balaban J connectivity index is 2.34. The minimum atomic E-state index is -0.228. The van der Waals surface area contributed by atoms with Crippen molar-refractivity contribution < 1.29 is 9.59 Å². The van der Waals surface area contributed by atoms with Crippen molar-refractivity contribution in [1.82, 2.24) is 5.32 Å². The van der Waals surface area contributed by atoms with Gasteiger partial charge in [0, 0.05) is 23.6 Å². The Kier molecular flexibility index (Phi) is 4.90. The highest BCUT2D eigenvalue weighted by Crippen LogP contribution is 2.15. The van der Waals surface area contributed by atoms with Gasteiger partial charge in [-0.2, -0.15) is 0 Å². The van der Waals surface area contributed by atoms with Crippen LogP contribution in [-0.2, 0) is 4.79 Å². The van der Waals surface area contributed by atoms with E-state index in [0.717, 1.165) is 5.56 Å². The molecule has 0 bridgehead atoms. The maximum atomic E-state index is 12.3. The Morgan fingerprint density at radius 1 is 0.952 bits per heavy atom. The molecule has 4 heteroatoms. The molecular weight excluding hydrogens is 286 g/mol. The topological polar surface area (TPSA) is 46.2 Å². The van der Waals surface area contributed by atoms with Crippen molar-refractivity contribution in [2.75, 3.05) is 0 Å². The van der Waals surface area contributed by atoms with Gasteiger partial charge in [-0.15, -0.1) is 0 Å². The van der Waals surface area contributed by atoms with Crippen molar-refractivity contribution in [1.29, 1.82) is 0 Å². The van der Waals surface area contributed by atoms with E-state index >= 15 is 0 Å². The van der Waals surface area contributed by atoms with Gasteiger partial charge in [-0.1, -0.05) is 41.9 Å². The number of carbonyl (C=O) groups excluding carboxylic acids is 2. The van der Waals surface area contributed by atoms with Gasteiger partial charge < -0.3 is 5.32 Å². The van der Waals surface area contributed by atoms with Gasteiger partial charge in [0.15, 0.2) is 5.78 Å². The van der Waals surface area contributed by atoms with Crippen molar-refractivity contribution in [2.45, 2.75) is 6.92 Å². The molecule has 0 saturated carbocycles. The molecule has 0 aliphatic carbocycles. The molecule has 0 spiro atoms. The number of halogens is 1. The largest absolute Gasteiger partial charge is 0.326 e. The standard InChI is InChI=1S/C17H14ClNO2/c1-12(20)19-16(13-5-3-2-4-6-13)11-17(21)14-7-9-15(18)10-8-14/h2-11H,1H3,(H,19,20)/b16-11-. The Labute approximate surface area is 128 Å². The highest BCUT2D eigenvalue weighted by molar-refractivity contribution is 6.30. The molecule has 0 aliphatic rings. The molecule has 0 aliphatic heterocycles. The van der Waals surface area contributed by atoms with Gasteiger partial charge >= 0.3 is 0 Å². The summed E-state index contributed by atoms with van der Waals surface area (Å²) in [5.41, 5.74) is 1.76. The first-order chi connectivity index (χ1) is 10.1. The van der Waals surface area contributed by atoms with E-state index in [-0.39, 0.29) is 11.7 Å². The lowest BCUT2D eigenvalue weighted by Gasteiger charge is -2.08. The lowest BCUT2D eigenvalue weighted by molar-refractivity contribution is -0.117. The smallest absolute Gasteiger partial charge is 0.221 e. The van der Waals surface area contributed by atoms with E-state index in [4.69, 9.17) is 11.6 Å². The monoisotopic (exact) mass is 299 g/mol. The zero-order valence-electron chi connectivity index (χ0n) is 11.5. The number of benzene rings is 2. The summed E-state index contributed by atoms with van der Waals surface area (Å²) in [6.45, 7) is 1.41. The fraction of sp³-hybridized carbons (Fsp3) is 0.0588. The number of hydrogen-bond acceptors (Lipinski definition) is 2. The second kappa shape index (κ2) is 6.86. The lowest BCUT2D eigenvalue weighted by Crippen LogP contribution is -2.19. The number of allylic oxidation sites excluding steroid dienone is 1. The van der Waals surface area contributed by atoms with Crippen molar-refractivity contribution >= 4 is 29.0 Å². The van der Waals surface area contributed by atoms with Gasteiger partial charge in [-0.3, -0.25) is 9.59 Å². The van der Waals surface area contributed by atoms with Crippen LogP contribution in [0.15, 0.2) is 60.7 Å². The third kappa shape index (κ3) is 4.29. The SMILES string of the molecule is CC(=O)N/C(=C\C(=O)c1ccc(Cl)cc1)c1ccccc1. The summed E-state index contributed by atoms with van der Waals surface area (Å²) < 4.78 is 0. The molecule has 0 fully saturated rings. The van der Waals surface area contributed by atoms with Gasteiger partial charge in [-0.05, 0) is 29.8 Å². The second-order valence-electron chi connectivity index (χ2n) is 4.48. The Morgan fingerprint density at radius 2 is 1.57 bits per heavy atom. The average Bonchev–Trinajstić information content (AvgIpc) is 2.47. The summed E-state index contributed by atoms with van der Waals surface area (Å²) in [4.78, 5) is 23.6. The molecule has 3 nitrogen and oxygen atoms in total. The van der Waals surface area contributed by atoms with E-state index in [1.54, 1.807) is 24.3 Å². The quantitative estimate of drug-likeness (QED) is 0.691. The normalized spacial score (nSPS) is 11.0. The molecule has 0 unspecified atom stereocenters. The number of carbonyl (C=O) groups is 2. The summed E-state index contributed by atoms with van der Waals surface area (Å²) in [6.07, 6.45) is 1.42. The van der Waals surface area contributed by atoms with Gasteiger partial charge in [0.05, 0.1) is 5.70 Å². The van der Waals surface area contributed by atoms with E-state index in [9.17, 15) is 9.59 Å². The number of nitrogens with one attached hydrogen (secondary N) is 1. The molecule has 0 radical (unpaired) electrons. The van der Waals surface area contributed by atoms with Gasteiger partial charge in [0.2, 0.25) is 5.91 Å². The maximum absolute atomic E-state index is 12.3. The van der Waals surface area contributed by atoms with Crippen LogP contribution >= 0.6 is 11.6 Å².